The largest absolute Gasteiger partial charge is 0.395 e. The highest BCUT2D eigenvalue weighted by molar-refractivity contribution is 4.79. The maximum atomic E-state index is 9.04. The molecule has 1 N–H and O–H groups in total. The Balaban J connectivity index is 2.30. The second-order valence-electron chi connectivity index (χ2n) is 3.52. The lowest BCUT2D eigenvalue weighted by Gasteiger charge is -2.25. The molecule has 1 rings (SSSR count). The maximum Gasteiger partial charge on any atom is 0.0670 e. The zero-order valence-electron chi connectivity index (χ0n) is 7.99. The van der Waals surface area contributed by atoms with E-state index in [-0.39, 0.29) is 12.7 Å². The van der Waals surface area contributed by atoms with Gasteiger partial charge in [0.15, 0.2) is 0 Å². The van der Waals surface area contributed by atoms with Crippen LogP contribution < -0.4 is 0 Å². The Morgan fingerprint density at radius 3 is 3.00 bits per heavy atom. The highest BCUT2D eigenvalue weighted by Gasteiger charge is 2.24. The van der Waals surface area contributed by atoms with E-state index in [0.29, 0.717) is 6.04 Å². The molecule has 0 radical (unpaired) electrons. The molecule has 0 spiro atoms. The third kappa shape index (κ3) is 2.44. The van der Waals surface area contributed by atoms with E-state index >= 15 is 0 Å². The zero-order valence-corrected chi connectivity index (χ0v) is 7.99. The van der Waals surface area contributed by atoms with E-state index in [9.17, 15) is 0 Å². The van der Waals surface area contributed by atoms with Crippen LogP contribution in [0.3, 0.4) is 0 Å². The van der Waals surface area contributed by atoms with Crippen molar-refractivity contribution < 1.29 is 9.84 Å². The van der Waals surface area contributed by atoms with E-state index in [4.69, 9.17) is 9.84 Å². The number of ether oxygens (including phenoxy) is 1. The van der Waals surface area contributed by atoms with Crippen molar-refractivity contribution in [2.45, 2.75) is 31.9 Å². The second kappa shape index (κ2) is 4.80. The lowest BCUT2D eigenvalue weighted by atomic mass is 10.2. The van der Waals surface area contributed by atoms with E-state index in [1.807, 2.05) is 0 Å². The summed E-state index contributed by atoms with van der Waals surface area (Å²) in [6.07, 6.45) is 2.62. The number of rotatable bonds is 4. The minimum Gasteiger partial charge on any atom is -0.395 e. The van der Waals surface area contributed by atoms with E-state index in [2.05, 4.69) is 11.8 Å². The minimum atomic E-state index is 0.275. The predicted octanol–water partition coefficient (Wildman–Crippen LogP) is 0.478. The van der Waals surface area contributed by atoms with Crippen molar-refractivity contribution in [3.8, 4) is 0 Å². The van der Waals surface area contributed by atoms with Crippen LogP contribution in [0, 0.1) is 0 Å². The molecule has 1 unspecified atom stereocenters. The SMILES string of the molecule is COC(C)CN1CCC[C@H]1CO. The van der Waals surface area contributed by atoms with Crippen molar-refractivity contribution in [2.24, 2.45) is 0 Å². The normalized spacial score (nSPS) is 27.8. The van der Waals surface area contributed by atoms with Crippen molar-refractivity contribution in [1.82, 2.24) is 4.90 Å². The monoisotopic (exact) mass is 173 g/mol. The number of likely N-dealkylation sites (tertiary alicyclic amines) is 1. The second-order valence-corrected chi connectivity index (χ2v) is 3.52. The van der Waals surface area contributed by atoms with Crippen molar-refractivity contribution in [1.29, 1.82) is 0 Å². The fraction of sp³-hybridized carbons (Fsp3) is 1.00. The highest BCUT2D eigenvalue weighted by atomic mass is 16.5. The first-order valence-corrected chi connectivity index (χ1v) is 4.65. The Kier molecular flexibility index (Phi) is 3.98. The van der Waals surface area contributed by atoms with Gasteiger partial charge in [0.05, 0.1) is 12.7 Å². The fourth-order valence-corrected chi connectivity index (χ4v) is 1.75. The van der Waals surface area contributed by atoms with Crippen LogP contribution in [0.15, 0.2) is 0 Å². The van der Waals surface area contributed by atoms with Gasteiger partial charge in [-0.1, -0.05) is 0 Å². The van der Waals surface area contributed by atoms with Gasteiger partial charge in [-0.25, -0.2) is 0 Å². The molecule has 0 amide bonds. The summed E-state index contributed by atoms with van der Waals surface area (Å²) in [4.78, 5) is 2.31. The van der Waals surface area contributed by atoms with Crippen LogP contribution in [0.2, 0.25) is 0 Å². The van der Waals surface area contributed by atoms with Crippen LogP contribution >= 0.6 is 0 Å². The van der Waals surface area contributed by atoms with Gasteiger partial charge < -0.3 is 9.84 Å². The van der Waals surface area contributed by atoms with Crippen LogP contribution in [0.5, 0.6) is 0 Å². The number of nitrogens with zero attached hydrogens (tertiary/aromatic N) is 1. The fourth-order valence-electron chi connectivity index (χ4n) is 1.75. The van der Waals surface area contributed by atoms with Gasteiger partial charge in [0.2, 0.25) is 0 Å². The number of aliphatic hydroxyl groups is 1. The van der Waals surface area contributed by atoms with Crippen molar-refractivity contribution >= 4 is 0 Å². The molecule has 3 heteroatoms. The molecular weight excluding hydrogens is 154 g/mol. The van der Waals surface area contributed by atoms with Gasteiger partial charge in [-0.15, -0.1) is 0 Å². The number of methoxy groups -OCH3 is 1. The molecule has 72 valence electrons. The number of hydrogen-bond donors (Lipinski definition) is 1. The Morgan fingerprint density at radius 1 is 1.67 bits per heavy atom. The first-order chi connectivity index (χ1) is 5.77. The van der Waals surface area contributed by atoms with Crippen molar-refractivity contribution in [3.05, 3.63) is 0 Å². The third-order valence-electron chi connectivity index (χ3n) is 2.60. The average Bonchev–Trinajstić information content (AvgIpc) is 2.51. The first kappa shape index (κ1) is 9.96. The lowest BCUT2D eigenvalue weighted by Crippen LogP contribution is -2.37. The minimum absolute atomic E-state index is 0.275. The van der Waals surface area contributed by atoms with Gasteiger partial charge in [0.25, 0.3) is 0 Å². The maximum absolute atomic E-state index is 9.04. The Bertz CT molecular complexity index is 130. The molecule has 0 aromatic rings. The molecule has 0 saturated carbocycles. The van der Waals surface area contributed by atoms with Crippen molar-refractivity contribution in [3.63, 3.8) is 0 Å². The summed E-state index contributed by atoms with van der Waals surface area (Å²) in [6.45, 7) is 4.41. The molecule has 1 aliphatic heterocycles. The number of hydrogen-bond acceptors (Lipinski definition) is 3. The molecular formula is C9H19NO2. The summed E-state index contributed by atoms with van der Waals surface area (Å²) in [5.74, 6) is 0. The third-order valence-corrected chi connectivity index (χ3v) is 2.60. The Labute approximate surface area is 74.3 Å². The van der Waals surface area contributed by atoms with Gasteiger partial charge >= 0.3 is 0 Å². The molecule has 0 aliphatic carbocycles. The van der Waals surface area contributed by atoms with Crippen molar-refractivity contribution in [2.75, 3.05) is 26.8 Å². The molecule has 0 aromatic heterocycles. The van der Waals surface area contributed by atoms with Gasteiger partial charge in [-0.2, -0.15) is 0 Å². The van der Waals surface area contributed by atoms with Gasteiger partial charge in [-0.05, 0) is 26.3 Å². The molecule has 1 heterocycles. The molecule has 0 aromatic carbocycles. The van der Waals surface area contributed by atoms with Crippen LogP contribution in [-0.4, -0.2) is 49.0 Å². The molecule has 3 nitrogen and oxygen atoms in total. The molecule has 1 fully saturated rings. The summed E-state index contributed by atoms with van der Waals surface area (Å²) in [7, 11) is 1.73. The molecule has 0 bridgehead atoms. The number of aliphatic hydroxyl groups excluding tert-OH is 1. The average molecular weight is 173 g/mol. The van der Waals surface area contributed by atoms with Gasteiger partial charge in [0.1, 0.15) is 0 Å². The molecule has 12 heavy (non-hydrogen) atoms. The van der Waals surface area contributed by atoms with Gasteiger partial charge in [0, 0.05) is 19.7 Å². The van der Waals surface area contributed by atoms with Crippen LogP contribution in [-0.2, 0) is 4.74 Å². The first-order valence-electron chi connectivity index (χ1n) is 4.65. The van der Waals surface area contributed by atoms with Crippen LogP contribution in [0.4, 0.5) is 0 Å². The van der Waals surface area contributed by atoms with Gasteiger partial charge in [-0.3, -0.25) is 4.90 Å². The summed E-state index contributed by atoms with van der Waals surface area (Å²) in [6, 6.07) is 0.377. The summed E-state index contributed by atoms with van der Waals surface area (Å²) < 4.78 is 5.18. The Morgan fingerprint density at radius 2 is 2.42 bits per heavy atom. The summed E-state index contributed by atoms with van der Waals surface area (Å²) >= 11 is 0. The standard InChI is InChI=1S/C9H19NO2/c1-8(12-2)6-10-5-3-4-9(10)7-11/h8-9,11H,3-7H2,1-2H3/t8?,9-/m0/s1. The predicted molar refractivity (Wildman–Crippen MR) is 48.2 cm³/mol. The van der Waals surface area contributed by atoms with E-state index in [1.54, 1.807) is 7.11 Å². The zero-order chi connectivity index (χ0) is 8.97. The van der Waals surface area contributed by atoms with E-state index < -0.39 is 0 Å². The Hall–Kier alpha value is -0.120. The van der Waals surface area contributed by atoms with E-state index in [0.717, 1.165) is 19.5 Å². The molecule has 1 aliphatic rings. The smallest absolute Gasteiger partial charge is 0.0670 e. The molecule has 2 atom stereocenters. The highest BCUT2D eigenvalue weighted by Crippen LogP contribution is 2.16. The topological polar surface area (TPSA) is 32.7 Å². The molecule has 1 saturated heterocycles. The lowest BCUT2D eigenvalue weighted by molar-refractivity contribution is 0.0605. The van der Waals surface area contributed by atoms with E-state index in [1.165, 1.54) is 6.42 Å². The van der Waals surface area contributed by atoms with Crippen LogP contribution in [0.1, 0.15) is 19.8 Å². The summed E-state index contributed by atoms with van der Waals surface area (Å²) in [5.41, 5.74) is 0. The quantitative estimate of drug-likeness (QED) is 0.671. The van der Waals surface area contributed by atoms with Crippen LogP contribution in [0.25, 0.3) is 0 Å². The summed E-state index contributed by atoms with van der Waals surface area (Å²) in [5, 5.41) is 9.04.